The standard InChI is InChI=1S/C62H120O6/c1-7-58(6)50-44-38-32-26-20-13-9-11-15-23-29-35-41-47-53-62(65)68-59(55-67-61(64)52-46-40-34-28-22-17-16-19-25-31-37-43-49-57(4)5)54-66-60(63)51-45-39-33-27-21-14-10-8-12-18-24-30-36-42-48-56(2)3/h56-59H,7-55H2,1-6H3/t58?,59-/m0/s1. The molecule has 0 saturated heterocycles. The first-order valence-electron chi connectivity index (χ1n) is 30.6. The summed E-state index contributed by atoms with van der Waals surface area (Å²) < 4.78 is 16.9. The Morgan fingerprint density at radius 2 is 0.515 bits per heavy atom. The molecule has 0 aliphatic heterocycles. The largest absolute Gasteiger partial charge is 0.462 e. The average molecular weight is 962 g/mol. The minimum Gasteiger partial charge on any atom is -0.462 e. The summed E-state index contributed by atoms with van der Waals surface area (Å²) >= 11 is 0. The first-order valence-corrected chi connectivity index (χ1v) is 30.6. The van der Waals surface area contributed by atoms with Gasteiger partial charge in [0.25, 0.3) is 0 Å². The van der Waals surface area contributed by atoms with Crippen LogP contribution in [-0.2, 0) is 28.6 Å². The van der Waals surface area contributed by atoms with Crippen LogP contribution in [0.3, 0.4) is 0 Å². The minimum absolute atomic E-state index is 0.0630. The van der Waals surface area contributed by atoms with E-state index in [0.29, 0.717) is 19.3 Å². The fraction of sp³-hybridized carbons (Fsp3) is 0.952. The Morgan fingerprint density at radius 3 is 0.765 bits per heavy atom. The second-order valence-corrected chi connectivity index (χ2v) is 22.5. The second-order valence-electron chi connectivity index (χ2n) is 22.5. The van der Waals surface area contributed by atoms with Gasteiger partial charge in [-0.25, -0.2) is 0 Å². The third-order valence-corrected chi connectivity index (χ3v) is 14.5. The van der Waals surface area contributed by atoms with Crippen LogP contribution in [0.4, 0.5) is 0 Å². The van der Waals surface area contributed by atoms with E-state index in [1.165, 1.54) is 225 Å². The maximum Gasteiger partial charge on any atom is 0.306 e. The summed E-state index contributed by atoms with van der Waals surface area (Å²) in [6.45, 7) is 13.8. The molecule has 1 unspecified atom stereocenters. The van der Waals surface area contributed by atoms with E-state index in [9.17, 15) is 14.4 Å². The van der Waals surface area contributed by atoms with E-state index in [0.717, 1.165) is 75.5 Å². The molecule has 0 fully saturated rings. The first-order chi connectivity index (χ1) is 33.1. The number of carbonyl (C=O) groups is 3. The van der Waals surface area contributed by atoms with E-state index < -0.39 is 6.10 Å². The highest BCUT2D eigenvalue weighted by atomic mass is 16.6. The molecule has 0 heterocycles. The van der Waals surface area contributed by atoms with Crippen LogP contribution in [0.15, 0.2) is 0 Å². The molecule has 0 spiro atoms. The Kier molecular flexibility index (Phi) is 52.0. The number of esters is 3. The molecule has 0 amide bonds. The summed E-state index contributed by atoms with van der Waals surface area (Å²) in [6, 6.07) is 0. The molecule has 6 heteroatoms. The van der Waals surface area contributed by atoms with Gasteiger partial charge in [-0.3, -0.25) is 14.4 Å². The summed E-state index contributed by atoms with van der Waals surface area (Å²) in [7, 11) is 0. The zero-order chi connectivity index (χ0) is 49.8. The van der Waals surface area contributed by atoms with Crippen LogP contribution in [0.2, 0.25) is 0 Å². The molecule has 0 radical (unpaired) electrons. The number of ether oxygens (including phenoxy) is 3. The van der Waals surface area contributed by atoms with Gasteiger partial charge in [0.1, 0.15) is 13.2 Å². The lowest BCUT2D eigenvalue weighted by Crippen LogP contribution is -2.30. The first kappa shape index (κ1) is 66.4. The second kappa shape index (κ2) is 53.2. The lowest BCUT2D eigenvalue weighted by Gasteiger charge is -2.18. The maximum atomic E-state index is 12.9. The van der Waals surface area contributed by atoms with Crippen molar-refractivity contribution in [2.24, 2.45) is 17.8 Å². The lowest BCUT2D eigenvalue weighted by molar-refractivity contribution is -0.167. The number of hydrogen-bond acceptors (Lipinski definition) is 6. The molecule has 68 heavy (non-hydrogen) atoms. The SMILES string of the molecule is CCC(C)CCCCCCCCCCCCCCCCC(=O)O[C@@H](COC(=O)CCCCCCCCCCCCCCCCC(C)C)COC(=O)CCCCCCCCCCCCCCC(C)C. The molecule has 0 N–H and O–H groups in total. The molecule has 0 aliphatic carbocycles. The lowest BCUT2D eigenvalue weighted by atomic mass is 9.99. The highest BCUT2D eigenvalue weighted by Gasteiger charge is 2.19. The highest BCUT2D eigenvalue weighted by molar-refractivity contribution is 5.71. The van der Waals surface area contributed by atoms with Crippen LogP contribution < -0.4 is 0 Å². The third kappa shape index (κ3) is 53.8. The van der Waals surface area contributed by atoms with Crippen LogP contribution in [0.1, 0.15) is 343 Å². The Bertz CT molecular complexity index is 1060. The summed E-state index contributed by atoms with van der Waals surface area (Å²) in [5.74, 6) is 1.73. The zero-order valence-corrected chi connectivity index (χ0v) is 46.9. The minimum atomic E-state index is -0.764. The molecule has 0 aromatic rings. The Balaban J connectivity index is 4.31. The van der Waals surface area contributed by atoms with Crippen molar-refractivity contribution in [3.63, 3.8) is 0 Å². The molecule has 0 aromatic heterocycles. The van der Waals surface area contributed by atoms with E-state index in [4.69, 9.17) is 14.2 Å². The van der Waals surface area contributed by atoms with Gasteiger partial charge in [-0.2, -0.15) is 0 Å². The van der Waals surface area contributed by atoms with Gasteiger partial charge in [0, 0.05) is 19.3 Å². The van der Waals surface area contributed by atoms with E-state index in [2.05, 4.69) is 41.5 Å². The van der Waals surface area contributed by atoms with Gasteiger partial charge < -0.3 is 14.2 Å². The Hall–Kier alpha value is -1.59. The van der Waals surface area contributed by atoms with Crippen molar-refractivity contribution < 1.29 is 28.6 Å². The number of rotatable bonds is 55. The molecule has 0 aliphatic rings. The van der Waals surface area contributed by atoms with Crippen LogP contribution in [0, 0.1) is 17.8 Å². The molecular formula is C62H120O6. The number of carbonyl (C=O) groups excluding carboxylic acids is 3. The molecule has 0 aromatic carbocycles. The summed E-state index contributed by atoms with van der Waals surface area (Å²) in [5, 5.41) is 0. The van der Waals surface area contributed by atoms with Gasteiger partial charge in [0.2, 0.25) is 0 Å². The van der Waals surface area contributed by atoms with Crippen molar-refractivity contribution in [3.05, 3.63) is 0 Å². The van der Waals surface area contributed by atoms with Gasteiger partial charge >= 0.3 is 17.9 Å². The predicted octanol–water partition coefficient (Wildman–Crippen LogP) is 20.3. The Labute approximate surface area is 425 Å². The fourth-order valence-corrected chi connectivity index (χ4v) is 9.50. The summed E-state index contributed by atoms with van der Waals surface area (Å²) in [4.78, 5) is 38.2. The average Bonchev–Trinajstić information content (AvgIpc) is 3.31. The molecule has 0 bridgehead atoms. The third-order valence-electron chi connectivity index (χ3n) is 14.5. The fourth-order valence-electron chi connectivity index (χ4n) is 9.50. The van der Waals surface area contributed by atoms with Crippen molar-refractivity contribution >= 4 is 17.9 Å². The monoisotopic (exact) mass is 961 g/mol. The van der Waals surface area contributed by atoms with Crippen molar-refractivity contribution in [1.29, 1.82) is 0 Å². The van der Waals surface area contributed by atoms with E-state index in [1.54, 1.807) is 0 Å². The number of unbranched alkanes of at least 4 members (excludes halogenated alkanes) is 37. The van der Waals surface area contributed by atoms with Crippen molar-refractivity contribution in [1.82, 2.24) is 0 Å². The smallest absolute Gasteiger partial charge is 0.306 e. The predicted molar refractivity (Wildman–Crippen MR) is 293 cm³/mol. The normalized spacial score (nSPS) is 12.5. The summed E-state index contributed by atoms with van der Waals surface area (Å²) in [6.07, 6.45) is 56.6. The quantitative estimate of drug-likeness (QED) is 0.0343. The molecule has 404 valence electrons. The van der Waals surface area contributed by atoms with Crippen molar-refractivity contribution in [2.75, 3.05) is 13.2 Å². The van der Waals surface area contributed by atoms with Crippen molar-refractivity contribution in [3.8, 4) is 0 Å². The zero-order valence-electron chi connectivity index (χ0n) is 46.9. The van der Waals surface area contributed by atoms with Gasteiger partial charge in [-0.1, -0.05) is 305 Å². The maximum absolute atomic E-state index is 12.9. The van der Waals surface area contributed by atoms with Crippen LogP contribution in [-0.4, -0.2) is 37.2 Å². The molecular weight excluding hydrogens is 841 g/mol. The molecule has 6 nitrogen and oxygen atoms in total. The van der Waals surface area contributed by atoms with E-state index in [1.807, 2.05) is 0 Å². The van der Waals surface area contributed by atoms with E-state index >= 15 is 0 Å². The van der Waals surface area contributed by atoms with Gasteiger partial charge in [0.15, 0.2) is 6.10 Å². The number of hydrogen-bond donors (Lipinski definition) is 0. The molecule has 2 atom stereocenters. The van der Waals surface area contributed by atoms with Crippen LogP contribution in [0.5, 0.6) is 0 Å². The van der Waals surface area contributed by atoms with Gasteiger partial charge in [-0.15, -0.1) is 0 Å². The van der Waals surface area contributed by atoms with E-state index in [-0.39, 0.29) is 31.1 Å². The van der Waals surface area contributed by atoms with Gasteiger partial charge in [-0.05, 0) is 37.0 Å². The van der Waals surface area contributed by atoms with Crippen LogP contribution >= 0.6 is 0 Å². The Morgan fingerprint density at radius 1 is 0.294 bits per heavy atom. The summed E-state index contributed by atoms with van der Waals surface area (Å²) in [5.41, 5.74) is 0. The van der Waals surface area contributed by atoms with Gasteiger partial charge in [0.05, 0.1) is 0 Å². The van der Waals surface area contributed by atoms with Crippen molar-refractivity contribution in [2.45, 2.75) is 349 Å². The molecule has 0 saturated carbocycles. The molecule has 0 rings (SSSR count). The topological polar surface area (TPSA) is 78.9 Å². The van der Waals surface area contributed by atoms with Crippen LogP contribution in [0.25, 0.3) is 0 Å². The highest BCUT2D eigenvalue weighted by Crippen LogP contribution is 2.19.